The molecule has 7 heteroatoms. The molecule has 2 aromatic heterocycles. The SMILES string of the molecule is Cc1ccc(Cn2nc(C(F)F)cc2C(F)F)o1. The third-order valence-electron chi connectivity index (χ3n) is 2.38. The number of aromatic nitrogens is 2. The monoisotopic (exact) mass is 262 g/mol. The van der Waals surface area contributed by atoms with Gasteiger partial charge in [0.2, 0.25) is 0 Å². The van der Waals surface area contributed by atoms with Crippen LogP contribution >= 0.6 is 0 Å². The van der Waals surface area contributed by atoms with Gasteiger partial charge in [-0.15, -0.1) is 0 Å². The second-order valence-corrected chi connectivity index (χ2v) is 3.77. The number of hydrogen-bond donors (Lipinski definition) is 0. The number of aryl methyl sites for hydroxylation is 1. The Morgan fingerprint density at radius 1 is 1.22 bits per heavy atom. The van der Waals surface area contributed by atoms with Crippen molar-refractivity contribution in [3.05, 3.63) is 41.1 Å². The van der Waals surface area contributed by atoms with Crippen molar-refractivity contribution in [3.63, 3.8) is 0 Å². The highest BCUT2D eigenvalue weighted by molar-refractivity contribution is 5.15. The van der Waals surface area contributed by atoms with Crippen molar-refractivity contribution in [2.24, 2.45) is 0 Å². The van der Waals surface area contributed by atoms with Gasteiger partial charge in [-0.05, 0) is 25.1 Å². The zero-order valence-corrected chi connectivity index (χ0v) is 9.41. The summed E-state index contributed by atoms with van der Waals surface area (Å²) in [7, 11) is 0. The van der Waals surface area contributed by atoms with Crippen molar-refractivity contribution in [3.8, 4) is 0 Å². The molecular weight excluding hydrogens is 252 g/mol. The third-order valence-corrected chi connectivity index (χ3v) is 2.38. The average molecular weight is 262 g/mol. The fourth-order valence-electron chi connectivity index (χ4n) is 1.58. The number of rotatable bonds is 4. The van der Waals surface area contributed by atoms with E-state index in [0.29, 0.717) is 17.6 Å². The number of alkyl halides is 4. The summed E-state index contributed by atoms with van der Waals surface area (Å²) in [6.45, 7) is 1.60. The Bertz CT molecular complexity index is 533. The molecule has 0 aromatic carbocycles. The topological polar surface area (TPSA) is 31.0 Å². The lowest BCUT2D eigenvalue weighted by molar-refractivity contribution is 0.139. The van der Waals surface area contributed by atoms with E-state index in [9.17, 15) is 17.6 Å². The molecule has 0 saturated heterocycles. The van der Waals surface area contributed by atoms with Gasteiger partial charge in [0.15, 0.2) is 0 Å². The smallest absolute Gasteiger partial charge is 0.282 e. The van der Waals surface area contributed by atoms with Crippen LogP contribution in [-0.4, -0.2) is 9.78 Å². The maximum atomic E-state index is 12.7. The zero-order chi connectivity index (χ0) is 13.3. The first-order valence-electron chi connectivity index (χ1n) is 5.16. The van der Waals surface area contributed by atoms with Crippen LogP contribution in [-0.2, 0) is 6.54 Å². The molecule has 3 nitrogen and oxygen atoms in total. The lowest BCUT2D eigenvalue weighted by Gasteiger charge is -2.04. The van der Waals surface area contributed by atoms with Crippen LogP contribution in [0.4, 0.5) is 17.6 Å². The van der Waals surface area contributed by atoms with Crippen molar-refractivity contribution in [1.29, 1.82) is 0 Å². The minimum Gasteiger partial charge on any atom is -0.464 e. The van der Waals surface area contributed by atoms with Crippen LogP contribution in [0.25, 0.3) is 0 Å². The van der Waals surface area contributed by atoms with Crippen molar-refractivity contribution < 1.29 is 22.0 Å². The van der Waals surface area contributed by atoms with E-state index in [0.717, 1.165) is 4.68 Å². The van der Waals surface area contributed by atoms with Crippen molar-refractivity contribution >= 4 is 0 Å². The first-order valence-corrected chi connectivity index (χ1v) is 5.16. The van der Waals surface area contributed by atoms with Crippen LogP contribution in [0.2, 0.25) is 0 Å². The standard InChI is InChI=1S/C11H10F4N2O/c1-6-2-3-7(18-6)5-17-9(11(14)15)4-8(16-17)10(12)13/h2-4,10-11H,5H2,1H3. The molecule has 0 N–H and O–H groups in total. The maximum Gasteiger partial charge on any atom is 0.282 e. The highest BCUT2D eigenvalue weighted by atomic mass is 19.3. The normalized spacial score (nSPS) is 11.7. The molecule has 2 aromatic rings. The Morgan fingerprint density at radius 3 is 2.44 bits per heavy atom. The fraction of sp³-hybridized carbons (Fsp3) is 0.364. The second-order valence-electron chi connectivity index (χ2n) is 3.77. The van der Waals surface area contributed by atoms with Gasteiger partial charge in [0.25, 0.3) is 12.9 Å². The lowest BCUT2D eigenvalue weighted by atomic mass is 10.3. The van der Waals surface area contributed by atoms with Crippen LogP contribution in [0, 0.1) is 6.92 Å². The molecule has 2 heterocycles. The molecule has 98 valence electrons. The van der Waals surface area contributed by atoms with Crippen LogP contribution in [0.5, 0.6) is 0 Å². The molecule has 2 rings (SSSR count). The van der Waals surface area contributed by atoms with Gasteiger partial charge in [0, 0.05) is 0 Å². The molecular formula is C11H10F4N2O. The molecule has 0 aliphatic rings. The number of nitrogens with zero attached hydrogens (tertiary/aromatic N) is 2. The summed E-state index contributed by atoms with van der Waals surface area (Å²) in [4.78, 5) is 0. The van der Waals surface area contributed by atoms with Crippen molar-refractivity contribution in [2.75, 3.05) is 0 Å². The molecule has 18 heavy (non-hydrogen) atoms. The minimum atomic E-state index is -2.87. The van der Waals surface area contributed by atoms with E-state index in [1.54, 1.807) is 19.1 Å². The van der Waals surface area contributed by atoms with Gasteiger partial charge in [-0.2, -0.15) is 5.10 Å². The van der Waals surface area contributed by atoms with Crippen LogP contribution in [0.3, 0.4) is 0 Å². The van der Waals surface area contributed by atoms with Gasteiger partial charge < -0.3 is 4.42 Å². The summed E-state index contributed by atoms with van der Waals surface area (Å²) in [5, 5.41) is 3.46. The first kappa shape index (κ1) is 12.7. The minimum absolute atomic E-state index is 0.0970. The zero-order valence-electron chi connectivity index (χ0n) is 9.41. The summed E-state index contributed by atoms with van der Waals surface area (Å²) in [6, 6.07) is 3.97. The van der Waals surface area contributed by atoms with E-state index in [2.05, 4.69) is 5.10 Å². The van der Waals surface area contributed by atoms with Gasteiger partial charge in [-0.1, -0.05) is 0 Å². The molecule has 0 bridgehead atoms. The largest absolute Gasteiger partial charge is 0.464 e. The predicted molar refractivity (Wildman–Crippen MR) is 54.7 cm³/mol. The molecule has 0 aliphatic carbocycles. The van der Waals surface area contributed by atoms with Crippen molar-refractivity contribution in [2.45, 2.75) is 26.3 Å². The number of furan rings is 1. The Hall–Kier alpha value is -1.79. The third kappa shape index (κ3) is 2.55. The Balaban J connectivity index is 2.30. The molecule has 0 unspecified atom stereocenters. The number of hydrogen-bond acceptors (Lipinski definition) is 2. The summed E-state index contributed by atoms with van der Waals surface area (Å²) >= 11 is 0. The Kier molecular flexibility index (Phi) is 3.40. The summed E-state index contributed by atoms with van der Waals surface area (Å²) in [5.41, 5.74) is -1.20. The molecule has 0 atom stereocenters. The fourth-order valence-corrected chi connectivity index (χ4v) is 1.58. The van der Waals surface area contributed by atoms with E-state index in [1.165, 1.54) is 0 Å². The van der Waals surface area contributed by atoms with Crippen LogP contribution in [0.1, 0.15) is 35.8 Å². The van der Waals surface area contributed by atoms with E-state index >= 15 is 0 Å². The van der Waals surface area contributed by atoms with Crippen molar-refractivity contribution in [1.82, 2.24) is 9.78 Å². The first-order chi connectivity index (χ1) is 8.47. The molecule has 0 amide bonds. The summed E-state index contributed by atoms with van der Waals surface area (Å²) in [6.07, 6.45) is -5.73. The molecule has 0 spiro atoms. The van der Waals surface area contributed by atoms with Crippen LogP contribution in [0.15, 0.2) is 22.6 Å². The molecule has 0 fully saturated rings. The summed E-state index contributed by atoms with van der Waals surface area (Å²) < 4.78 is 56.2. The predicted octanol–water partition coefficient (Wildman–Crippen LogP) is 3.71. The van der Waals surface area contributed by atoms with Gasteiger partial charge in [0.1, 0.15) is 22.9 Å². The Morgan fingerprint density at radius 2 is 1.94 bits per heavy atom. The summed E-state index contributed by atoms with van der Waals surface area (Å²) in [5.74, 6) is 1.00. The van der Waals surface area contributed by atoms with E-state index in [4.69, 9.17) is 4.42 Å². The van der Waals surface area contributed by atoms with Gasteiger partial charge in [-0.25, -0.2) is 17.6 Å². The maximum absolute atomic E-state index is 12.7. The van der Waals surface area contributed by atoms with E-state index in [-0.39, 0.29) is 6.54 Å². The Labute approximate surface area is 100 Å². The highest BCUT2D eigenvalue weighted by Crippen LogP contribution is 2.25. The second kappa shape index (κ2) is 4.83. The highest BCUT2D eigenvalue weighted by Gasteiger charge is 2.21. The van der Waals surface area contributed by atoms with E-state index < -0.39 is 24.2 Å². The van der Waals surface area contributed by atoms with E-state index in [1.807, 2.05) is 0 Å². The lowest BCUT2D eigenvalue weighted by Crippen LogP contribution is -2.06. The van der Waals surface area contributed by atoms with Gasteiger partial charge in [-0.3, -0.25) is 4.68 Å². The molecule has 0 aliphatic heterocycles. The molecule has 0 saturated carbocycles. The van der Waals surface area contributed by atoms with Crippen LogP contribution < -0.4 is 0 Å². The number of halogens is 4. The average Bonchev–Trinajstić information content (AvgIpc) is 2.85. The van der Waals surface area contributed by atoms with Gasteiger partial charge in [0.05, 0.1) is 6.54 Å². The van der Waals surface area contributed by atoms with Gasteiger partial charge >= 0.3 is 0 Å². The molecule has 0 radical (unpaired) electrons. The quantitative estimate of drug-likeness (QED) is 0.786.